The average molecular weight is 400 g/mol. The maximum atomic E-state index is 6.78. The van der Waals surface area contributed by atoms with Crippen molar-refractivity contribution in [1.82, 2.24) is 5.32 Å². The van der Waals surface area contributed by atoms with Crippen LogP contribution >= 0.6 is 0 Å². The molecule has 0 saturated carbocycles. The predicted molar refractivity (Wildman–Crippen MR) is 118 cm³/mol. The van der Waals surface area contributed by atoms with Crippen LogP contribution in [0.25, 0.3) is 0 Å². The second-order valence-corrected chi connectivity index (χ2v) is 7.70. The van der Waals surface area contributed by atoms with E-state index in [1.807, 2.05) is 60.7 Å². The van der Waals surface area contributed by atoms with Crippen molar-refractivity contribution >= 4 is 11.5 Å². The molecule has 3 aromatic rings. The molecule has 0 radical (unpaired) electrons. The van der Waals surface area contributed by atoms with Crippen LogP contribution in [-0.4, -0.2) is 18.4 Å². The van der Waals surface area contributed by atoms with Crippen molar-refractivity contribution in [3.05, 3.63) is 89.5 Å². The molecule has 2 atom stereocenters. The summed E-state index contributed by atoms with van der Waals surface area (Å²) in [6.07, 6.45) is 0.538. The zero-order valence-electron chi connectivity index (χ0n) is 16.8. The molecule has 2 heterocycles. The van der Waals surface area contributed by atoms with Crippen LogP contribution < -0.4 is 25.8 Å². The molecule has 6 nitrogen and oxygen atoms in total. The third kappa shape index (κ3) is 3.57. The molecule has 0 amide bonds. The van der Waals surface area contributed by atoms with E-state index in [0.717, 1.165) is 39.7 Å². The number of ether oxygens (including phenoxy) is 2. The number of benzene rings is 3. The number of nitrogens with one attached hydrogen (secondary N) is 2. The van der Waals surface area contributed by atoms with Crippen LogP contribution in [0.1, 0.15) is 29.7 Å². The van der Waals surface area contributed by atoms with E-state index in [2.05, 4.69) is 29.7 Å². The molecule has 0 spiro atoms. The lowest BCUT2D eigenvalue weighted by molar-refractivity contribution is 0.174. The number of para-hydroxylation sites is 1. The van der Waals surface area contributed by atoms with Gasteiger partial charge in [-0.3, -0.25) is 10.7 Å². The van der Waals surface area contributed by atoms with E-state index >= 15 is 0 Å². The highest BCUT2D eigenvalue weighted by atomic mass is 16.7. The highest BCUT2D eigenvalue weighted by Crippen LogP contribution is 2.34. The van der Waals surface area contributed by atoms with Gasteiger partial charge < -0.3 is 20.1 Å². The number of nitrogens with zero attached hydrogens (tertiary/aromatic N) is 1. The molecule has 0 aliphatic carbocycles. The van der Waals surface area contributed by atoms with E-state index in [-0.39, 0.29) is 12.8 Å². The number of hydrogen-bond acceptors (Lipinski definition) is 5. The van der Waals surface area contributed by atoms with Crippen LogP contribution in [0, 0.1) is 0 Å². The van der Waals surface area contributed by atoms with Crippen molar-refractivity contribution < 1.29 is 9.47 Å². The van der Waals surface area contributed by atoms with Crippen molar-refractivity contribution in [2.24, 2.45) is 10.7 Å². The summed E-state index contributed by atoms with van der Waals surface area (Å²) in [6.45, 7) is 2.34. The number of rotatable bonds is 4. The van der Waals surface area contributed by atoms with Crippen LogP contribution in [0.3, 0.4) is 0 Å². The Labute approximate surface area is 175 Å². The van der Waals surface area contributed by atoms with Gasteiger partial charge in [-0.25, -0.2) is 0 Å². The molecular formula is C24H24N4O2. The summed E-state index contributed by atoms with van der Waals surface area (Å²) in [4.78, 5) is 4.98. The Hall–Kier alpha value is -3.51. The fourth-order valence-corrected chi connectivity index (χ4v) is 3.91. The molecule has 0 aromatic heterocycles. The number of fused-ring (bicyclic) bond motifs is 2. The molecule has 0 bridgehead atoms. The summed E-state index contributed by atoms with van der Waals surface area (Å²) in [7, 11) is 0. The molecule has 30 heavy (non-hydrogen) atoms. The van der Waals surface area contributed by atoms with Crippen molar-refractivity contribution in [1.29, 1.82) is 0 Å². The first-order chi connectivity index (χ1) is 14.6. The van der Waals surface area contributed by atoms with Gasteiger partial charge in [0.2, 0.25) is 6.79 Å². The van der Waals surface area contributed by atoms with E-state index in [0.29, 0.717) is 6.42 Å². The summed E-state index contributed by atoms with van der Waals surface area (Å²) >= 11 is 0. The summed E-state index contributed by atoms with van der Waals surface area (Å²) in [5.41, 5.74) is 10.9. The standard InChI is InChI=1S/C24H24N4O2/c1-16(18-7-3-2-4-8-18)26-23-19-9-5-6-10-20(19)27-24(25,28-23)14-17-11-12-21-22(13-17)30-15-29-21/h2-13,16,27H,14-15,25H2,1H3,(H,26,28). The molecule has 5 rings (SSSR count). The molecule has 2 unspecified atom stereocenters. The molecule has 6 heteroatoms. The van der Waals surface area contributed by atoms with Gasteiger partial charge >= 0.3 is 0 Å². The first-order valence-corrected chi connectivity index (χ1v) is 10.1. The maximum absolute atomic E-state index is 6.78. The van der Waals surface area contributed by atoms with Gasteiger partial charge in [0, 0.05) is 17.7 Å². The summed E-state index contributed by atoms with van der Waals surface area (Å²) in [5.74, 6) is 1.40. The number of aliphatic imine (C=N–C) groups is 1. The van der Waals surface area contributed by atoms with Crippen LogP contribution in [0.4, 0.5) is 5.69 Å². The highest BCUT2D eigenvalue weighted by Gasteiger charge is 2.33. The molecule has 4 N–H and O–H groups in total. The quantitative estimate of drug-likeness (QED) is 0.621. The molecule has 0 saturated heterocycles. The Balaban J connectivity index is 1.47. The van der Waals surface area contributed by atoms with Crippen LogP contribution in [0.2, 0.25) is 0 Å². The lowest BCUT2D eigenvalue weighted by Crippen LogP contribution is -2.65. The largest absolute Gasteiger partial charge is 0.454 e. The third-order valence-electron chi connectivity index (χ3n) is 5.41. The fraction of sp³-hybridized carbons (Fsp3) is 0.208. The lowest BCUT2D eigenvalue weighted by atomic mass is 10.0. The monoisotopic (exact) mass is 400 g/mol. The fourth-order valence-electron chi connectivity index (χ4n) is 3.91. The van der Waals surface area contributed by atoms with Gasteiger partial charge in [-0.1, -0.05) is 48.5 Å². The number of anilines is 1. The summed E-state index contributed by atoms with van der Waals surface area (Å²) in [6, 6.07) is 24.2. The first-order valence-electron chi connectivity index (χ1n) is 10.1. The van der Waals surface area contributed by atoms with Gasteiger partial charge in [0.15, 0.2) is 17.3 Å². The van der Waals surface area contributed by atoms with E-state index in [1.54, 1.807) is 0 Å². The predicted octanol–water partition coefficient (Wildman–Crippen LogP) is 3.79. The lowest BCUT2D eigenvalue weighted by Gasteiger charge is -2.39. The number of hydrogen-bond donors (Lipinski definition) is 3. The Morgan fingerprint density at radius 2 is 1.73 bits per heavy atom. The maximum Gasteiger partial charge on any atom is 0.231 e. The Morgan fingerprint density at radius 1 is 0.967 bits per heavy atom. The van der Waals surface area contributed by atoms with E-state index in [9.17, 15) is 0 Å². The zero-order valence-corrected chi connectivity index (χ0v) is 16.8. The number of amidine groups is 1. The molecule has 3 aromatic carbocycles. The van der Waals surface area contributed by atoms with Gasteiger partial charge in [-0.2, -0.15) is 0 Å². The molecule has 0 fully saturated rings. The normalized spacial score (nSPS) is 21.5. The minimum Gasteiger partial charge on any atom is -0.454 e. The van der Waals surface area contributed by atoms with Crippen molar-refractivity contribution in [3.63, 3.8) is 0 Å². The molecule has 152 valence electrons. The SMILES string of the molecule is CC(N=C1NC(N)(Cc2ccc3c(c2)OCO3)Nc2ccccc21)c1ccccc1. The van der Waals surface area contributed by atoms with Gasteiger partial charge in [-0.15, -0.1) is 0 Å². The zero-order chi connectivity index (χ0) is 20.6. The third-order valence-corrected chi connectivity index (χ3v) is 5.41. The molecule has 2 aliphatic heterocycles. The second kappa shape index (κ2) is 7.39. The van der Waals surface area contributed by atoms with Crippen molar-refractivity contribution in [3.8, 4) is 11.5 Å². The van der Waals surface area contributed by atoms with Crippen molar-refractivity contribution in [2.75, 3.05) is 12.1 Å². The Bertz CT molecular complexity index is 1100. The van der Waals surface area contributed by atoms with Crippen molar-refractivity contribution in [2.45, 2.75) is 25.2 Å². The average Bonchev–Trinajstić information content (AvgIpc) is 3.22. The van der Waals surface area contributed by atoms with Gasteiger partial charge in [0.1, 0.15) is 5.84 Å². The molecule has 2 aliphatic rings. The first kappa shape index (κ1) is 18.5. The summed E-state index contributed by atoms with van der Waals surface area (Å²) < 4.78 is 10.9. The summed E-state index contributed by atoms with van der Waals surface area (Å²) in [5, 5.41) is 6.89. The van der Waals surface area contributed by atoms with Crippen LogP contribution in [0.15, 0.2) is 77.8 Å². The van der Waals surface area contributed by atoms with E-state index in [4.69, 9.17) is 20.2 Å². The van der Waals surface area contributed by atoms with Gasteiger partial charge in [-0.05, 0) is 42.3 Å². The molecular weight excluding hydrogens is 376 g/mol. The van der Waals surface area contributed by atoms with E-state index < -0.39 is 5.79 Å². The smallest absolute Gasteiger partial charge is 0.231 e. The van der Waals surface area contributed by atoms with Gasteiger partial charge in [0.25, 0.3) is 0 Å². The topological polar surface area (TPSA) is 80.9 Å². The number of nitrogens with two attached hydrogens (primary N) is 1. The minimum atomic E-state index is -0.892. The van der Waals surface area contributed by atoms with Gasteiger partial charge in [0.05, 0.1) is 6.04 Å². The van der Waals surface area contributed by atoms with Crippen LogP contribution in [0.5, 0.6) is 11.5 Å². The minimum absolute atomic E-state index is 0.00495. The Kier molecular flexibility index (Phi) is 4.56. The highest BCUT2D eigenvalue weighted by molar-refractivity contribution is 6.05. The Morgan fingerprint density at radius 3 is 2.60 bits per heavy atom. The van der Waals surface area contributed by atoms with Crippen LogP contribution in [-0.2, 0) is 6.42 Å². The van der Waals surface area contributed by atoms with E-state index in [1.165, 1.54) is 0 Å². The second-order valence-electron chi connectivity index (χ2n) is 7.70.